The Morgan fingerprint density at radius 2 is 2.15 bits per heavy atom. The zero-order chi connectivity index (χ0) is 10.1. The first-order chi connectivity index (χ1) is 5.93. The summed E-state index contributed by atoms with van der Waals surface area (Å²) in [4.78, 5) is 12.5. The Bertz CT molecular complexity index is 299. The molecule has 1 saturated heterocycles. The van der Waals surface area contributed by atoms with Crippen LogP contribution in [0.4, 0.5) is 0 Å². The van der Waals surface area contributed by atoms with Gasteiger partial charge in [-0.1, -0.05) is 0 Å². The second kappa shape index (κ2) is 3.88. The molecule has 4 nitrogen and oxygen atoms in total. The van der Waals surface area contributed by atoms with Crippen LogP contribution in [-0.2, 0) is 14.6 Å². The van der Waals surface area contributed by atoms with Crippen molar-refractivity contribution in [3.05, 3.63) is 0 Å². The van der Waals surface area contributed by atoms with E-state index in [4.69, 9.17) is 0 Å². The van der Waals surface area contributed by atoms with Gasteiger partial charge in [-0.3, -0.25) is 4.79 Å². The number of thioether (sulfide) groups is 1. The van der Waals surface area contributed by atoms with Gasteiger partial charge in [0.25, 0.3) is 0 Å². The summed E-state index contributed by atoms with van der Waals surface area (Å²) in [6.07, 6.45) is 1.18. The van der Waals surface area contributed by atoms with Crippen molar-refractivity contribution in [3.8, 4) is 0 Å². The number of hydrogen-bond acceptors (Lipinski definition) is 4. The summed E-state index contributed by atoms with van der Waals surface area (Å²) in [5.41, 5.74) is 0. The highest BCUT2D eigenvalue weighted by molar-refractivity contribution is 8.00. The van der Waals surface area contributed by atoms with Gasteiger partial charge < -0.3 is 4.90 Å². The van der Waals surface area contributed by atoms with Crippen LogP contribution in [0.1, 0.15) is 6.92 Å². The van der Waals surface area contributed by atoms with Gasteiger partial charge in [-0.15, -0.1) is 0 Å². The van der Waals surface area contributed by atoms with Crippen LogP contribution >= 0.6 is 11.8 Å². The Kier molecular flexibility index (Phi) is 3.23. The molecule has 0 N–H and O–H groups in total. The van der Waals surface area contributed by atoms with Gasteiger partial charge in [-0.25, -0.2) is 8.42 Å². The monoisotopic (exact) mass is 223 g/mol. The van der Waals surface area contributed by atoms with Crippen LogP contribution in [0.3, 0.4) is 0 Å². The topological polar surface area (TPSA) is 54.5 Å². The lowest BCUT2D eigenvalue weighted by Gasteiger charge is -2.33. The van der Waals surface area contributed by atoms with Gasteiger partial charge in [0.15, 0.2) is 9.84 Å². The van der Waals surface area contributed by atoms with Gasteiger partial charge in [0.05, 0.1) is 0 Å². The third-order valence-electron chi connectivity index (χ3n) is 1.98. The predicted octanol–water partition coefficient (Wildman–Crippen LogP) is -0.0476. The zero-order valence-electron chi connectivity index (χ0n) is 7.69. The lowest BCUT2D eigenvalue weighted by Crippen LogP contribution is -2.48. The molecule has 0 aromatic heterocycles. The molecule has 1 amide bonds. The van der Waals surface area contributed by atoms with E-state index in [1.807, 2.05) is 0 Å². The Morgan fingerprint density at radius 3 is 2.54 bits per heavy atom. The molecule has 13 heavy (non-hydrogen) atoms. The maximum absolute atomic E-state index is 11.3. The molecule has 1 unspecified atom stereocenters. The summed E-state index contributed by atoms with van der Waals surface area (Å²) in [5, 5.41) is -0.622. The lowest BCUT2D eigenvalue weighted by atomic mass is 10.5. The molecule has 0 bridgehead atoms. The fourth-order valence-corrected chi connectivity index (χ4v) is 4.16. The maximum atomic E-state index is 11.3. The highest BCUT2D eigenvalue weighted by atomic mass is 32.2. The Hall–Kier alpha value is -0.230. The molecule has 0 aromatic rings. The fraction of sp³-hybridized carbons (Fsp3) is 0.857. The van der Waals surface area contributed by atoms with Crippen molar-refractivity contribution in [1.82, 2.24) is 4.90 Å². The van der Waals surface area contributed by atoms with E-state index < -0.39 is 15.2 Å². The normalized spacial score (nSPS) is 24.5. The van der Waals surface area contributed by atoms with Crippen LogP contribution < -0.4 is 0 Å². The van der Waals surface area contributed by atoms with E-state index in [-0.39, 0.29) is 5.91 Å². The molecule has 76 valence electrons. The summed E-state index contributed by atoms with van der Waals surface area (Å²) >= 11 is 1.58. The molecule has 1 atom stereocenters. The number of rotatable bonds is 1. The molecule has 1 heterocycles. The van der Waals surface area contributed by atoms with E-state index >= 15 is 0 Å². The van der Waals surface area contributed by atoms with Crippen molar-refractivity contribution in [2.75, 3.05) is 24.3 Å². The summed E-state index contributed by atoms with van der Waals surface area (Å²) in [7, 11) is -3.14. The van der Waals surface area contributed by atoms with Gasteiger partial charge in [0, 0.05) is 31.2 Å². The number of carbonyl (C=O) groups is 1. The quantitative estimate of drug-likeness (QED) is 0.625. The van der Waals surface area contributed by atoms with E-state index in [2.05, 4.69) is 0 Å². The Morgan fingerprint density at radius 1 is 1.54 bits per heavy atom. The van der Waals surface area contributed by atoms with Crippen LogP contribution in [0, 0.1) is 0 Å². The molecular formula is C7H13NO3S2. The predicted molar refractivity (Wildman–Crippen MR) is 53.3 cm³/mol. The highest BCUT2D eigenvalue weighted by Gasteiger charge is 2.32. The van der Waals surface area contributed by atoms with E-state index in [1.54, 1.807) is 11.8 Å². The van der Waals surface area contributed by atoms with Crippen LogP contribution in [-0.4, -0.2) is 48.9 Å². The zero-order valence-corrected chi connectivity index (χ0v) is 9.32. The number of amides is 1. The van der Waals surface area contributed by atoms with Crippen LogP contribution in [0.15, 0.2) is 0 Å². The summed E-state index contributed by atoms with van der Waals surface area (Å²) in [6, 6.07) is 0. The minimum atomic E-state index is -3.14. The van der Waals surface area contributed by atoms with Gasteiger partial charge in [-0.05, 0) is 0 Å². The smallest absolute Gasteiger partial charge is 0.220 e. The average molecular weight is 223 g/mol. The molecule has 0 aliphatic carbocycles. The number of nitrogens with zero attached hydrogens (tertiary/aromatic N) is 1. The molecule has 6 heteroatoms. The highest BCUT2D eigenvalue weighted by Crippen LogP contribution is 2.19. The molecular weight excluding hydrogens is 210 g/mol. The largest absolute Gasteiger partial charge is 0.324 e. The third-order valence-corrected chi connectivity index (χ3v) is 4.63. The fourth-order valence-electron chi connectivity index (χ4n) is 1.30. The van der Waals surface area contributed by atoms with Crippen molar-refractivity contribution in [2.24, 2.45) is 0 Å². The van der Waals surface area contributed by atoms with Crippen molar-refractivity contribution in [3.63, 3.8) is 0 Å². The molecule has 1 aliphatic heterocycles. The van der Waals surface area contributed by atoms with E-state index in [9.17, 15) is 13.2 Å². The molecule has 0 spiro atoms. The lowest BCUT2D eigenvalue weighted by molar-refractivity contribution is -0.129. The van der Waals surface area contributed by atoms with Crippen LogP contribution in [0.2, 0.25) is 0 Å². The average Bonchev–Trinajstić information content (AvgIpc) is 2.03. The number of hydrogen-bond donors (Lipinski definition) is 0. The molecule has 0 saturated carbocycles. The van der Waals surface area contributed by atoms with Crippen molar-refractivity contribution >= 4 is 27.5 Å². The SMILES string of the molecule is CC(=O)N1CCSCC1S(C)(=O)=O. The molecule has 1 fully saturated rings. The number of carbonyl (C=O) groups excluding carboxylic acids is 1. The summed E-state index contributed by atoms with van der Waals surface area (Å²) < 4.78 is 22.6. The third kappa shape index (κ3) is 2.60. The van der Waals surface area contributed by atoms with Crippen LogP contribution in [0.5, 0.6) is 0 Å². The maximum Gasteiger partial charge on any atom is 0.220 e. The summed E-state index contributed by atoms with van der Waals surface area (Å²) in [5.74, 6) is 1.17. The minimum Gasteiger partial charge on any atom is -0.324 e. The first-order valence-corrected chi connectivity index (χ1v) is 7.07. The molecule has 0 aromatic carbocycles. The summed E-state index contributed by atoms with van der Waals surface area (Å²) in [6.45, 7) is 1.95. The van der Waals surface area contributed by atoms with Gasteiger partial charge in [-0.2, -0.15) is 11.8 Å². The Balaban J connectivity index is 2.86. The second-order valence-electron chi connectivity index (χ2n) is 3.07. The van der Waals surface area contributed by atoms with Crippen molar-refractivity contribution in [2.45, 2.75) is 12.3 Å². The van der Waals surface area contributed by atoms with Crippen LogP contribution in [0.25, 0.3) is 0 Å². The standard InChI is InChI=1S/C7H13NO3S2/c1-6(9)8-3-4-12-5-7(8)13(2,10)11/h7H,3-5H2,1-2H3. The minimum absolute atomic E-state index is 0.157. The van der Waals surface area contributed by atoms with E-state index in [0.29, 0.717) is 12.3 Å². The number of sulfone groups is 1. The van der Waals surface area contributed by atoms with Crippen molar-refractivity contribution < 1.29 is 13.2 Å². The van der Waals surface area contributed by atoms with Crippen molar-refractivity contribution in [1.29, 1.82) is 0 Å². The Labute approximate surface area is 82.6 Å². The van der Waals surface area contributed by atoms with E-state index in [0.717, 1.165) is 5.75 Å². The van der Waals surface area contributed by atoms with Gasteiger partial charge >= 0.3 is 0 Å². The van der Waals surface area contributed by atoms with E-state index in [1.165, 1.54) is 18.1 Å². The second-order valence-corrected chi connectivity index (χ2v) is 6.42. The van der Waals surface area contributed by atoms with Gasteiger partial charge in [0.1, 0.15) is 5.37 Å². The molecule has 1 aliphatic rings. The molecule has 0 radical (unpaired) electrons. The van der Waals surface area contributed by atoms with Gasteiger partial charge in [0.2, 0.25) is 5.91 Å². The first kappa shape index (κ1) is 10.8. The molecule has 1 rings (SSSR count). The first-order valence-electron chi connectivity index (χ1n) is 3.97.